The SMILES string of the molecule is Cc1ncc(Br)c(=O)n1CC(=O)c1cccc(F)c1. The Labute approximate surface area is 117 Å². The van der Waals surface area contributed by atoms with Crippen LogP contribution in [0.1, 0.15) is 16.2 Å². The van der Waals surface area contributed by atoms with Crippen molar-refractivity contribution in [1.82, 2.24) is 9.55 Å². The zero-order valence-electron chi connectivity index (χ0n) is 10.1. The third kappa shape index (κ3) is 2.96. The molecule has 0 aliphatic heterocycles. The molecule has 6 heteroatoms. The third-order valence-corrected chi connectivity index (χ3v) is 3.20. The number of ketones is 1. The number of Topliss-reactive ketones (excluding diaryl/α,β-unsaturated/α-hetero) is 1. The minimum atomic E-state index is -0.484. The number of nitrogens with zero attached hydrogens (tertiary/aromatic N) is 2. The largest absolute Gasteiger partial charge is 0.292 e. The Morgan fingerprint density at radius 3 is 2.89 bits per heavy atom. The highest BCUT2D eigenvalue weighted by molar-refractivity contribution is 9.10. The smallest absolute Gasteiger partial charge is 0.268 e. The van der Waals surface area contributed by atoms with Crippen molar-refractivity contribution in [3.05, 3.63) is 62.5 Å². The summed E-state index contributed by atoms with van der Waals surface area (Å²) in [6.07, 6.45) is 1.39. The van der Waals surface area contributed by atoms with Gasteiger partial charge in [-0.25, -0.2) is 9.37 Å². The number of rotatable bonds is 3. The second kappa shape index (κ2) is 5.44. The quantitative estimate of drug-likeness (QED) is 0.814. The molecule has 2 aromatic rings. The van der Waals surface area contributed by atoms with Gasteiger partial charge >= 0.3 is 0 Å². The van der Waals surface area contributed by atoms with E-state index in [0.717, 1.165) is 6.07 Å². The number of carbonyl (C=O) groups excluding carboxylic acids is 1. The number of hydrogen-bond donors (Lipinski definition) is 0. The van der Waals surface area contributed by atoms with E-state index in [1.165, 1.54) is 29.0 Å². The fraction of sp³-hybridized carbons (Fsp3) is 0.154. The third-order valence-electron chi connectivity index (χ3n) is 2.65. The molecule has 0 unspecified atom stereocenters. The van der Waals surface area contributed by atoms with Gasteiger partial charge in [-0.15, -0.1) is 0 Å². The number of aryl methyl sites for hydroxylation is 1. The number of hydrogen-bond acceptors (Lipinski definition) is 3. The number of halogens is 2. The van der Waals surface area contributed by atoms with Crippen LogP contribution in [-0.4, -0.2) is 15.3 Å². The summed E-state index contributed by atoms with van der Waals surface area (Å²) in [5.41, 5.74) is -0.108. The Bertz CT molecular complexity index is 697. The molecule has 0 amide bonds. The van der Waals surface area contributed by atoms with E-state index in [-0.39, 0.29) is 27.9 Å². The van der Waals surface area contributed by atoms with Crippen molar-refractivity contribution in [2.75, 3.05) is 0 Å². The van der Waals surface area contributed by atoms with Crippen LogP contribution in [0.4, 0.5) is 4.39 Å². The molecule has 0 aliphatic rings. The molecule has 0 N–H and O–H groups in total. The van der Waals surface area contributed by atoms with E-state index in [2.05, 4.69) is 20.9 Å². The normalized spacial score (nSPS) is 10.5. The first-order chi connectivity index (χ1) is 8.99. The van der Waals surface area contributed by atoms with Crippen LogP contribution < -0.4 is 5.56 Å². The molecule has 2 rings (SSSR count). The van der Waals surface area contributed by atoms with Crippen molar-refractivity contribution in [2.24, 2.45) is 0 Å². The Kier molecular flexibility index (Phi) is 3.90. The average Bonchev–Trinajstić information content (AvgIpc) is 2.39. The van der Waals surface area contributed by atoms with E-state index < -0.39 is 5.82 Å². The molecule has 1 aromatic carbocycles. The van der Waals surface area contributed by atoms with Gasteiger partial charge in [0.1, 0.15) is 16.1 Å². The van der Waals surface area contributed by atoms with Gasteiger partial charge in [0.05, 0.1) is 6.54 Å². The van der Waals surface area contributed by atoms with E-state index >= 15 is 0 Å². The van der Waals surface area contributed by atoms with Crippen molar-refractivity contribution < 1.29 is 9.18 Å². The van der Waals surface area contributed by atoms with Crippen LogP contribution in [0.3, 0.4) is 0 Å². The summed E-state index contributed by atoms with van der Waals surface area (Å²) in [5.74, 6) is -0.398. The molecule has 0 saturated heterocycles. The van der Waals surface area contributed by atoms with Gasteiger partial charge in [-0.2, -0.15) is 0 Å². The van der Waals surface area contributed by atoms with Crippen molar-refractivity contribution in [3.8, 4) is 0 Å². The molecular formula is C13H10BrFN2O2. The maximum Gasteiger partial charge on any atom is 0.268 e. The van der Waals surface area contributed by atoms with Gasteiger partial charge in [0.15, 0.2) is 5.78 Å². The van der Waals surface area contributed by atoms with E-state index in [0.29, 0.717) is 5.82 Å². The van der Waals surface area contributed by atoms with Gasteiger partial charge in [0.25, 0.3) is 5.56 Å². The molecule has 0 saturated carbocycles. The highest BCUT2D eigenvalue weighted by Gasteiger charge is 2.12. The van der Waals surface area contributed by atoms with Crippen LogP contribution in [0.15, 0.2) is 39.7 Å². The lowest BCUT2D eigenvalue weighted by Crippen LogP contribution is -2.27. The highest BCUT2D eigenvalue weighted by Crippen LogP contribution is 2.07. The lowest BCUT2D eigenvalue weighted by molar-refractivity contribution is 0.0969. The summed E-state index contributed by atoms with van der Waals surface area (Å²) in [6.45, 7) is 1.47. The van der Waals surface area contributed by atoms with E-state index in [4.69, 9.17) is 0 Å². The van der Waals surface area contributed by atoms with Crippen LogP contribution in [0.2, 0.25) is 0 Å². The van der Waals surface area contributed by atoms with Crippen LogP contribution in [0.5, 0.6) is 0 Å². The summed E-state index contributed by atoms with van der Waals surface area (Å²) < 4.78 is 14.6. The standard InChI is InChI=1S/C13H10BrFN2O2/c1-8-16-6-11(14)13(19)17(8)7-12(18)9-3-2-4-10(15)5-9/h2-6H,7H2,1H3. The van der Waals surface area contributed by atoms with E-state index in [9.17, 15) is 14.0 Å². The van der Waals surface area contributed by atoms with Crippen LogP contribution in [0, 0.1) is 12.7 Å². The predicted molar refractivity (Wildman–Crippen MR) is 71.7 cm³/mol. The Hall–Kier alpha value is -1.82. The molecule has 0 bridgehead atoms. The second-order valence-electron chi connectivity index (χ2n) is 3.98. The summed E-state index contributed by atoms with van der Waals surface area (Å²) in [5, 5.41) is 0. The molecule has 0 aliphatic carbocycles. The number of carbonyl (C=O) groups is 1. The van der Waals surface area contributed by atoms with E-state index in [1.807, 2.05) is 0 Å². The Morgan fingerprint density at radius 1 is 1.47 bits per heavy atom. The van der Waals surface area contributed by atoms with Crippen molar-refractivity contribution in [1.29, 1.82) is 0 Å². The molecule has 0 atom stereocenters. The van der Waals surface area contributed by atoms with Crippen LogP contribution in [-0.2, 0) is 6.54 Å². The minimum absolute atomic E-state index is 0.166. The van der Waals surface area contributed by atoms with Gasteiger partial charge in [0, 0.05) is 11.8 Å². The maximum absolute atomic E-state index is 13.0. The Balaban J connectivity index is 2.35. The molecule has 98 valence electrons. The highest BCUT2D eigenvalue weighted by atomic mass is 79.9. The van der Waals surface area contributed by atoms with E-state index in [1.54, 1.807) is 6.92 Å². The first-order valence-electron chi connectivity index (χ1n) is 5.50. The molecule has 0 fully saturated rings. The zero-order chi connectivity index (χ0) is 14.0. The van der Waals surface area contributed by atoms with Gasteiger partial charge in [-0.1, -0.05) is 12.1 Å². The predicted octanol–water partition coefficient (Wildman–Crippen LogP) is 2.34. The number of aromatic nitrogens is 2. The zero-order valence-corrected chi connectivity index (χ0v) is 11.6. The van der Waals surface area contributed by atoms with Gasteiger partial charge in [-0.3, -0.25) is 14.2 Å². The molecule has 0 radical (unpaired) electrons. The molecule has 4 nitrogen and oxygen atoms in total. The average molecular weight is 325 g/mol. The second-order valence-corrected chi connectivity index (χ2v) is 4.83. The summed E-state index contributed by atoms with van der Waals surface area (Å²) in [7, 11) is 0. The first-order valence-corrected chi connectivity index (χ1v) is 6.29. The van der Waals surface area contributed by atoms with Gasteiger partial charge in [0.2, 0.25) is 0 Å². The summed E-state index contributed by atoms with van der Waals surface area (Å²) >= 11 is 3.07. The monoisotopic (exact) mass is 324 g/mol. The van der Waals surface area contributed by atoms with Crippen molar-refractivity contribution in [2.45, 2.75) is 13.5 Å². The van der Waals surface area contributed by atoms with Gasteiger partial charge in [-0.05, 0) is 35.0 Å². The maximum atomic E-state index is 13.0. The molecule has 0 spiro atoms. The lowest BCUT2D eigenvalue weighted by Gasteiger charge is -2.08. The fourth-order valence-corrected chi connectivity index (χ4v) is 1.95. The minimum Gasteiger partial charge on any atom is -0.292 e. The summed E-state index contributed by atoms with van der Waals surface area (Å²) in [4.78, 5) is 27.9. The lowest BCUT2D eigenvalue weighted by atomic mass is 10.1. The van der Waals surface area contributed by atoms with Crippen LogP contribution in [0.25, 0.3) is 0 Å². The topological polar surface area (TPSA) is 52.0 Å². The molecule has 1 aromatic heterocycles. The van der Waals surface area contributed by atoms with Crippen molar-refractivity contribution >= 4 is 21.7 Å². The first kappa shape index (κ1) is 13.6. The molecule has 1 heterocycles. The fourth-order valence-electron chi connectivity index (χ4n) is 1.63. The number of benzene rings is 1. The molecule has 19 heavy (non-hydrogen) atoms. The summed E-state index contributed by atoms with van der Waals surface area (Å²) in [6, 6.07) is 5.37. The van der Waals surface area contributed by atoms with Gasteiger partial charge < -0.3 is 0 Å². The molecular weight excluding hydrogens is 315 g/mol. The van der Waals surface area contributed by atoms with Crippen molar-refractivity contribution in [3.63, 3.8) is 0 Å². The van der Waals surface area contributed by atoms with Crippen LogP contribution >= 0.6 is 15.9 Å². The Morgan fingerprint density at radius 2 is 2.21 bits per heavy atom.